The number of hydrogen-bond acceptors (Lipinski definition) is 5. The molecule has 1 aromatic heterocycles. The van der Waals surface area contributed by atoms with Gasteiger partial charge in [-0.1, -0.05) is 11.3 Å². The van der Waals surface area contributed by atoms with Gasteiger partial charge < -0.3 is 15.1 Å². The number of nitrogens with zero attached hydrogens (tertiary/aromatic N) is 3. The molecule has 0 spiro atoms. The fourth-order valence-corrected chi connectivity index (χ4v) is 4.01. The number of aryl methyl sites for hydroxylation is 1. The third kappa shape index (κ3) is 2.54. The van der Waals surface area contributed by atoms with Crippen molar-refractivity contribution in [3.8, 4) is 0 Å². The van der Waals surface area contributed by atoms with Gasteiger partial charge in [0.15, 0.2) is 5.13 Å². The summed E-state index contributed by atoms with van der Waals surface area (Å²) in [4.78, 5) is 22.4. The summed E-state index contributed by atoms with van der Waals surface area (Å²) in [6, 6.07) is 0.367. The van der Waals surface area contributed by atoms with Crippen LogP contribution in [0.5, 0.6) is 0 Å². The van der Waals surface area contributed by atoms with E-state index in [2.05, 4.69) is 22.1 Å². The lowest BCUT2D eigenvalue weighted by atomic mass is 10.2. The largest absolute Gasteiger partial charge is 0.346 e. The minimum absolute atomic E-state index is 0.173. The summed E-state index contributed by atoms with van der Waals surface area (Å²) in [6.45, 7) is 8.91. The second kappa shape index (κ2) is 5.69. The van der Waals surface area contributed by atoms with Crippen molar-refractivity contribution in [1.82, 2.24) is 15.2 Å². The maximum Gasteiger partial charge on any atom is 0.266 e. The average molecular weight is 294 g/mol. The molecule has 20 heavy (non-hydrogen) atoms. The molecule has 2 aliphatic heterocycles. The van der Waals surface area contributed by atoms with Crippen molar-refractivity contribution in [2.75, 3.05) is 37.6 Å². The van der Waals surface area contributed by atoms with Crippen molar-refractivity contribution >= 4 is 22.4 Å². The minimum Gasteiger partial charge on any atom is -0.346 e. The number of thiazole rings is 1. The van der Waals surface area contributed by atoms with Gasteiger partial charge in [0.05, 0.1) is 5.69 Å². The van der Waals surface area contributed by atoms with E-state index in [-0.39, 0.29) is 5.91 Å². The number of carbonyl (C=O) groups is 1. The fourth-order valence-electron chi connectivity index (χ4n) is 2.94. The van der Waals surface area contributed by atoms with E-state index < -0.39 is 0 Å². The number of rotatable bonds is 2. The molecule has 0 aliphatic carbocycles. The summed E-state index contributed by atoms with van der Waals surface area (Å²) in [7, 11) is 0. The molecule has 0 radical (unpaired) electrons. The molecule has 0 aromatic carbocycles. The summed E-state index contributed by atoms with van der Waals surface area (Å²) < 4.78 is 0. The Hall–Kier alpha value is -1.14. The molecule has 3 heterocycles. The van der Waals surface area contributed by atoms with Crippen molar-refractivity contribution in [2.24, 2.45) is 0 Å². The highest BCUT2D eigenvalue weighted by Crippen LogP contribution is 2.29. The Morgan fingerprint density at radius 3 is 2.75 bits per heavy atom. The van der Waals surface area contributed by atoms with Crippen LogP contribution < -0.4 is 10.2 Å². The van der Waals surface area contributed by atoms with Crippen LogP contribution in [0.2, 0.25) is 0 Å². The molecule has 1 amide bonds. The van der Waals surface area contributed by atoms with Gasteiger partial charge in [0.2, 0.25) is 0 Å². The van der Waals surface area contributed by atoms with Crippen LogP contribution in [0.25, 0.3) is 0 Å². The van der Waals surface area contributed by atoms with Crippen molar-refractivity contribution < 1.29 is 4.79 Å². The highest BCUT2D eigenvalue weighted by molar-refractivity contribution is 7.17. The van der Waals surface area contributed by atoms with Gasteiger partial charge in [0.1, 0.15) is 4.88 Å². The Morgan fingerprint density at radius 2 is 2.10 bits per heavy atom. The van der Waals surface area contributed by atoms with Crippen LogP contribution >= 0.6 is 11.3 Å². The summed E-state index contributed by atoms with van der Waals surface area (Å²) >= 11 is 1.56. The topological polar surface area (TPSA) is 48.5 Å². The molecule has 1 aromatic rings. The molecule has 110 valence electrons. The lowest BCUT2D eigenvalue weighted by molar-refractivity contribution is 0.0751. The second-order valence-electron chi connectivity index (χ2n) is 5.64. The maximum absolute atomic E-state index is 12.6. The number of nitrogens with one attached hydrogen (secondary N) is 1. The first-order chi connectivity index (χ1) is 9.66. The average Bonchev–Trinajstić information content (AvgIpc) is 3.05. The Balaban J connectivity index is 1.79. The van der Waals surface area contributed by atoms with E-state index in [4.69, 9.17) is 0 Å². The molecule has 2 fully saturated rings. The summed E-state index contributed by atoms with van der Waals surface area (Å²) in [6.07, 6.45) is 2.24. The Morgan fingerprint density at radius 1 is 1.35 bits per heavy atom. The van der Waals surface area contributed by atoms with Crippen LogP contribution in [-0.2, 0) is 0 Å². The Labute approximate surface area is 124 Å². The highest BCUT2D eigenvalue weighted by Gasteiger charge is 2.29. The van der Waals surface area contributed by atoms with Gasteiger partial charge in [-0.25, -0.2) is 4.98 Å². The predicted molar refractivity (Wildman–Crippen MR) is 81.7 cm³/mol. The molecule has 0 saturated carbocycles. The van der Waals surface area contributed by atoms with E-state index in [0.717, 1.165) is 61.3 Å². The highest BCUT2D eigenvalue weighted by atomic mass is 32.1. The van der Waals surface area contributed by atoms with Gasteiger partial charge in [0, 0.05) is 38.8 Å². The number of amides is 1. The van der Waals surface area contributed by atoms with Crippen molar-refractivity contribution in [3.05, 3.63) is 10.6 Å². The van der Waals surface area contributed by atoms with Gasteiger partial charge in [-0.3, -0.25) is 4.79 Å². The van der Waals surface area contributed by atoms with E-state index in [1.165, 1.54) is 0 Å². The van der Waals surface area contributed by atoms with E-state index in [1.807, 2.05) is 11.8 Å². The van der Waals surface area contributed by atoms with Crippen LogP contribution in [0.4, 0.5) is 5.13 Å². The van der Waals surface area contributed by atoms with Gasteiger partial charge in [-0.05, 0) is 26.7 Å². The first kappa shape index (κ1) is 13.8. The van der Waals surface area contributed by atoms with Crippen molar-refractivity contribution in [3.63, 3.8) is 0 Å². The SMILES string of the molecule is Cc1nc(N2CCNCC2)sc1C(=O)N1CCC[C@@H]1C. The molecular formula is C14H22N4OS. The Bertz CT molecular complexity index is 495. The van der Waals surface area contributed by atoms with Crippen molar-refractivity contribution in [1.29, 1.82) is 0 Å². The molecule has 1 atom stereocenters. The zero-order chi connectivity index (χ0) is 14.1. The van der Waals surface area contributed by atoms with E-state index in [1.54, 1.807) is 11.3 Å². The molecule has 0 bridgehead atoms. The summed E-state index contributed by atoms with van der Waals surface area (Å²) in [5.74, 6) is 0.173. The van der Waals surface area contributed by atoms with Gasteiger partial charge in [-0.2, -0.15) is 0 Å². The number of hydrogen-bond donors (Lipinski definition) is 1. The molecule has 0 unspecified atom stereocenters. The first-order valence-electron chi connectivity index (χ1n) is 7.41. The standard InChI is InChI=1S/C14H22N4OS/c1-10-4-3-7-18(10)13(19)12-11(2)16-14(20-12)17-8-5-15-6-9-17/h10,15H,3-9H2,1-2H3/t10-/m0/s1. The Kier molecular flexibility index (Phi) is 3.94. The molecule has 1 N–H and O–H groups in total. The minimum atomic E-state index is 0.173. The summed E-state index contributed by atoms with van der Waals surface area (Å²) in [5.41, 5.74) is 0.882. The van der Waals surface area contributed by atoms with Gasteiger partial charge in [-0.15, -0.1) is 0 Å². The zero-order valence-corrected chi connectivity index (χ0v) is 13.0. The van der Waals surface area contributed by atoms with Crippen LogP contribution in [0.15, 0.2) is 0 Å². The number of carbonyl (C=O) groups excluding carboxylic acids is 1. The van der Waals surface area contributed by atoms with Crippen LogP contribution in [0.3, 0.4) is 0 Å². The van der Waals surface area contributed by atoms with Crippen LogP contribution in [0.1, 0.15) is 35.1 Å². The van der Waals surface area contributed by atoms with Crippen LogP contribution in [0, 0.1) is 6.92 Å². The normalized spacial score (nSPS) is 23.4. The number of piperazine rings is 1. The quantitative estimate of drug-likeness (QED) is 0.898. The van der Waals surface area contributed by atoms with Gasteiger partial charge >= 0.3 is 0 Å². The van der Waals surface area contributed by atoms with E-state index >= 15 is 0 Å². The third-order valence-electron chi connectivity index (χ3n) is 4.18. The van der Waals surface area contributed by atoms with Crippen LogP contribution in [-0.4, -0.2) is 54.6 Å². The van der Waals surface area contributed by atoms with Crippen molar-refractivity contribution in [2.45, 2.75) is 32.7 Å². The lowest BCUT2D eigenvalue weighted by Gasteiger charge is -2.26. The lowest BCUT2D eigenvalue weighted by Crippen LogP contribution is -2.43. The molecule has 2 saturated heterocycles. The second-order valence-corrected chi connectivity index (χ2v) is 6.62. The number of likely N-dealkylation sites (tertiary alicyclic amines) is 1. The molecule has 6 heteroatoms. The fraction of sp³-hybridized carbons (Fsp3) is 0.714. The molecular weight excluding hydrogens is 272 g/mol. The number of aromatic nitrogens is 1. The maximum atomic E-state index is 12.6. The smallest absolute Gasteiger partial charge is 0.266 e. The third-order valence-corrected chi connectivity index (χ3v) is 5.39. The molecule has 3 rings (SSSR count). The molecule has 5 nitrogen and oxygen atoms in total. The van der Waals surface area contributed by atoms with E-state index in [9.17, 15) is 4.79 Å². The number of anilines is 1. The molecule has 2 aliphatic rings. The first-order valence-corrected chi connectivity index (χ1v) is 8.22. The monoisotopic (exact) mass is 294 g/mol. The zero-order valence-electron chi connectivity index (χ0n) is 12.2. The summed E-state index contributed by atoms with van der Waals surface area (Å²) in [5, 5.41) is 4.34. The van der Waals surface area contributed by atoms with Gasteiger partial charge in [0.25, 0.3) is 5.91 Å². The predicted octanol–water partition coefficient (Wildman–Crippen LogP) is 1.49. The van der Waals surface area contributed by atoms with E-state index in [0.29, 0.717) is 6.04 Å².